The molecule has 0 aliphatic carbocycles. The molecule has 0 radical (unpaired) electrons. The van der Waals surface area contributed by atoms with Crippen LogP contribution in [0.2, 0.25) is 0 Å². The van der Waals surface area contributed by atoms with E-state index in [-0.39, 0.29) is 0 Å². The van der Waals surface area contributed by atoms with Gasteiger partial charge in [-0.2, -0.15) is 0 Å². The van der Waals surface area contributed by atoms with Gasteiger partial charge in [0.1, 0.15) is 0 Å². The van der Waals surface area contributed by atoms with Gasteiger partial charge in [-0.25, -0.2) is 4.79 Å². The molecule has 20 heavy (non-hydrogen) atoms. The van der Waals surface area contributed by atoms with Crippen molar-refractivity contribution in [2.75, 3.05) is 19.6 Å². The number of amides is 1. The van der Waals surface area contributed by atoms with Crippen LogP contribution in [0.3, 0.4) is 0 Å². The van der Waals surface area contributed by atoms with Gasteiger partial charge in [0.25, 0.3) is 0 Å². The zero-order chi connectivity index (χ0) is 15.0. The van der Waals surface area contributed by atoms with Gasteiger partial charge in [0.2, 0.25) is 0 Å². The van der Waals surface area contributed by atoms with Crippen LogP contribution in [0.1, 0.15) is 27.2 Å². The maximum absolute atomic E-state index is 11.2. The number of primary amides is 1. The Kier molecular flexibility index (Phi) is 6.88. The monoisotopic (exact) mass is 296 g/mol. The lowest BCUT2D eigenvalue weighted by Gasteiger charge is -2.30. The number of nitrogens with two attached hydrogens (primary N) is 1. The van der Waals surface area contributed by atoms with Crippen LogP contribution in [0.25, 0.3) is 0 Å². The number of benzene rings is 1. The lowest BCUT2D eigenvalue weighted by atomic mass is 10.2. The van der Waals surface area contributed by atoms with Gasteiger partial charge in [-0.05, 0) is 32.1 Å². The summed E-state index contributed by atoms with van der Waals surface area (Å²) in [4.78, 5) is 13.9. The van der Waals surface area contributed by atoms with Gasteiger partial charge in [-0.3, -0.25) is 0 Å². The Morgan fingerprint density at radius 2 is 1.90 bits per heavy atom. The van der Waals surface area contributed by atoms with E-state index in [1.165, 1.54) is 11.8 Å². The first-order valence-corrected chi connectivity index (χ1v) is 7.75. The molecule has 0 bridgehead atoms. The Bertz CT molecular complexity index is 410. The molecule has 0 heterocycles. The van der Waals surface area contributed by atoms with Crippen molar-refractivity contribution in [1.29, 1.82) is 0 Å². The van der Waals surface area contributed by atoms with E-state index in [9.17, 15) is 4.79 Å². The van der Waals surface area contributed by atoms with Crippen LogP contribution < -0.4 is 5.73 Å². The van der Waals surface area contributed by atoms with E-state index in [0.29, 0.717) is 0 Å². The Labute approximate surface area is 125 Å². The second-order valence-corrected chi connectivity index (χ2v) is 6.29. The summed E-state index contributed by atoms with van der Waals surface area (Å²) in [6, 6.07) is 9.91. The number of rotatable bonds is 8. The molecule has 1 aromatic rings. The largest absolute Gasteiger partial charge is 0.432 e. The van der Waals surface area contributed by atoms with Gasteiger partial charge in [-0.1, -0.05) is 43.8 Å². The second-order valence-electron chi connectivity index (χ2n) is 4.75. The molecular weight excluding hydrogens is 272 g/mol. The molecule has 0 aromatic heterocycles. The van der Waals surface area contributed by atoms with Crippen LogP contribution in [0, 0.1) is 0 Å². The van der Waals surface area contributed by atoms with E-state index in [2.05, 4.69) is 18.7 Å². The maximum atomic E-state index is 11.2. The highest BCUT2D eigenvalue weighted by Gasteiger charge is 2.29. The molecule has 4 nitrogen and oxygen atoms in total. The number of nitrogens with zero attached hydrogens (tertiary/aromatic N) is 1. The van der Waals surface area contributed by atoms with Crippen molar-refractivity contribution in [1.82, 2.24) is 4.90 Å². The Balaban J connectivity index is 2.72. The normalized spacial score (nSPS) is 14.0. The molecular formula is C15H24N2O2S. The highest BCUT2D eigenvalue weighted by atomic mass is 32.2. The van der Waals surface area contributed by atoms with E-state index >= 15 is 0 Å². The second kappa shape index (κ2) is 8.17. The third-order valence-corrected chi connectivity index (χ3v) is 4.40. The molecule has 5 heteroatoms. The zero-order valence-electron chi connectivity index (χ0n) is 12.5. The molecule has 1 aromatic carbocycles. The fourth-order valence-electron chi connectivity index (χ4n) is 1.97. The number of ether oxygens (including phenoxy) is 1. The number of carbonyl (C=O) groups is 1. The molecule has 0 fully saturated rings. The van der Waals surface area contributed by atoms with Gasteiger partial charge < -0.3 is 15.4 Å². The SMILES string of the molecule is CCN(CC)CCC(C)(OC(N)=O)Sc1ccccc1. The smallest absolute Gasteiger partial charge is 0.405 e. The fourth-order valence-corrected chi connectivity index (χ4v) is 3.08. The van der Waals surface area contributed by atoms with E-state index in [0.717, 1.165) is 31.0 Å². The first kappa shape index (κ1) is 16.9. The molecule has 0 spiro atoms. The topological polar surface area (TPSA) is 55.6 Å². The molecule has 1 atom stereocenters. The van der Waals surface area contributed by atoms with Crippen molar-refractivity contribution < 1.29 is 9.53 Å². The quantitative estimate of drug-likeness (QED) is 0.590. The molecule has 2 N–H and O–H groups in total. The molecule has 1 amide bonds. The third kappa shape index (κ3) is 5.84. The highest BCUT2D eigenvalue weighted by Crippen LogP contribution is 2.36. The van der Waals surface area contributed by atoms with E-state index in [4.69, 9.17) is 10.5 Å². The summed E-state index contributed by atoms with van der Waals surface area (Å²) in [5, 5.41) is 0. The Morgan fingerprint density at radius 3 is 2.40 bits per heavy atom. The molecule has 1 unspecified atom stereocenters. The van der Waals surface area contributed by atoms with E-state index in [1.54, 1.807) is 0 Å². The van der Waals surface area contributed by atoms with Crippen LogP contribution in [-0.2, 0) is 4.74 Å². The fraction of sp³-hybridized carbons (Fsp3) is 0.533. The lowest BCUT2D eigenvalue weighted by Crippen LogP contribution is -2.36. The minimum absolute atomic E-state index is 0.643. The van der Waals surface area contributed by atoms with Crippen LogP contribution in [0.4, 0.5) is 4.79 Å². The molecule has 0 aliphatic rings. The summed E-state index contributed by atoms with van der Waals surface area (Å²) in [5.41, 5.74) is 5.22. The first-order chi connectivity index (χ1) is 9.49. The standard InChI is InChI=1S/C15H24N2O2S/c1-4-17(5-2)12-11-15(3,19-14(16)18)20-13-9-7-6-8-10-13/h6-10H,4-5,11-12H2,1-3H3,(H2,16,18). The van der Waals surface area contributed by atoms with Crippen LogP contribution in [-0.4, -0.2) is 35.6 Å². The summed E-state index contributed by atoms with van der Waals surface area (Å²) in [7, 11) is 0. The van der Waals surface area contributed by atoms with Gasteiger partial charge in [0.15, 0.2) is 4.93 Å². The van der Waals surface area contributed by atoms with E-state index in [1.807, 2.05) is 37.3 Å². The average molecular weight is 296 g/mol. The van der Waals surface area contributed by atoms with Gasteiger partial charge in [-0.15, -0.1) is 0 Å². The van der Waals surface area contributed by atoms with Crippen molar-refractivity contribution in [3.8, 4) is 0 Å². The van der Waals surface area contributed by atoms with Crippen molar-refractivity contribution >= 4 is 17.9 Å². The van der Waals surface area contributed by atoms with E-state index < -0.39 is 11.0 Å². The highest BCUT2D eigenvalue weighted by molar-refractivity contribution is 8.00. The third-order valence-electron chi connectivity index (χ3n) is 3.17. The predicted molar refractivity (Wildman–Crippen MR) is 83.8 cm³/mol. The molecule has 1 rings (SSSR count). The van der Waals surface area contributed by atoms with Gasteiger partial charge >= 0.3 is 6.09 Å². The Morgan fingerprint density at radius 1 is 1.30 bits per heavy atom. The van der Waals surface area contributed by atoms with Crippen LogP contribution in [0.5, 0.6) is 0 Å². The van der Waals surface area contributed by atoms with Gasteiger partial charge in [0, 0.05) is 17.9 Å². The molecule has 0 saturated heterocycles. The maximum Gasteiger partial charge on any atom is 0.405 e. The number of thioether (sulfide) groups is 1. The average Bonchev–Trinajstić information content (AvgIpc) is 2.40. The first-order valence-electron chi connectivity index (χ1n) is 6.94. The molecule has 112 valence electrons. The Hall–Kier alpha value is -1.20. The minimum Gasteiger partial charge on any atom is -0.432 e. The lowest BCUT2D eigenvalue weighted by molar-refractivity contribution is 0.0819. The van der Waals surface area contributed by atoms with Crippen molar-refractivity contribution in [3.05, 3.63) is 30.3 Å². The van der Waals surface area contributed by atoms with Crippen LogP contribution >= 0.6 is 11.8 Å². The van der Waals surface area contributed by atoms with Crippen molar-refractivity contribution in [2.24, 2.45) is 5.73 Å². The summed E-state index contributed by atoms with van der Waals surface area (Å²) in [5.74, 6) is 0. The van der Waals surface area contributed by atoms with Crippen molar-refractivity contribution in [2.45, 2.75) is 37.0 Å². The van der Waals surface area contributed by atoms with Crippen LogP contribution in [0.15, 0.2) is 35.2 Å². The summed E-state index contributed by atoms with van der Waals surface area (Å²) >= 11 is 1.53. The summed E-state index contributed by atoms with van der Waals surface area (Å²) in [6.45, 7) is 9.01. The van der Waals surface area contributed by atoms with Crippen molar-refractivity contribution in [3.63, 3.8) is 0 Å². The summed E-state index contributed by atoms with van der Waals surface area (Å²) < 4.78 is 5.36. The van der Waals surface area contributed by atoms with Gasteiger partial charge in [0.05, 0.1) is 0 Å². The number of hydrogen-bond donors (Lipinski definition) is 1. The number of hydrogen-bond acceptors (Lipinski definition) is 4. The summed E-state index contributed by atoms with van der Waals surface area (Å²) in [6.07, 6.45) is 0.00691. The minimum atomic E-state index is -0.726. The number of carbonyl (C=O) groups excluding carboxylic acids is 1. The predicted octanol–water partition coefficient (Wildman–Crippen LogP) is 3.32. The molecule has 0 saturated carbocycles. The molecule has 0 aliphatic heterocycles. The zero-order valence-corrected chi connectivity index (χ0v) is 13.3.